The monoisotopic (exact) mass is 271 g/mol. The highest BCUT2D eigenvalue weighted by Gasteiger charge is 2.19. The highest BCUT2D eigenvalue weighted by molar-refractivity contribution is 5.54. The third kappa shape index (κ3) is 2.26. The van der Waals surface area contributed by atoms with Gasteiger partial charge in [-0.1, -0.05) is 6.92 Å². The maximum absolute atomic E-state index is 5.22. The summed E-state index contributed by atoms with van der Waals surface area (Å²) in [7, 11) is 1.69. The van der Waals surface area contributed by atoms with Gasteiger partial charge >= 0.3 is 0 Å². The number of benzene rings is 1. The molecule has 0 spiro atoms. The van der Waals surface area contributed by atoms with Gasteiger partial charge in [-0.05, 0) is 49.9 Å². The Morgan fingerprint density at radius 2 is 2.05 bits per heavy atom. The Morgan fingerprint density at radius 1 is 1.25 bits per heavy atom. The Hall–Kier alpha value is -1.97. The van der Waals surface area contributed by atoms with Gasteiger partial charge in [0.25, 0.3) is 0 Å². The van der Waals surface area contributed by atoms with Crippen molar-refractivity contribution in [3.63, 3.8) is 0 Å². The molecule has 0 fully saturated rings. The second-order valence-electron chi connectivity index (χ2n) is 5.12. The zero-order valence-electron chi connectivity index (χ0n) is 12.1. The molecule has 106 valence electrons. The van der Waals surface area contributed by atoms with E-state index in [2.05, 4.69) is 24.4 Å². The van der Waals surface area contributed by atoms with Crippen molar-refractivity contribution in [1.29, 1.82) is 0 Å². The molecule has 0 radical (unpaired) electrons. The Labute approximate surface area is 119 Å². The minimum absolute atomic E-state index is 0.871. The van der Waals surface area contributed by atoms with E-state index in [9.17, 15) is 0 Å². The molecule has 1 aliphatic rings. The van der Waals surface area contributed by atoms with Crippen LogP contribution in [0.5, 0.6) is 5.75 Å². The lowest BCUT2D eigenvalue weighted by Crippen LogP contribution is -2.07. The van der Waals surface area contributed by atoms with Gasteiger partial charge in [0.05, 0.1) is 18.5 Å². The van der Waals surface area contributed by atoms with Crippen molar-refractivity contribution in [3.8, 4) is 11.4 Å². The third-order valence-corrected chi connectivity index (χ3v) is 3.86. The molecule has 0 atom stereocenters. The summed E-state index contributed by atoms with van der Waals surface area (Å²) >= 11 is 0. The van der Waals surface area contributed by atoms with Crippen LogP contribution in [-0.4, -0.2) is 23.4 Å². The summed E-state index contributed by atoms with van der Waals surface area (Å²) in [5.74, 6) is 2.04. The zero-order chi connectivity index (χ0) is 13.9. The van der Waals surface area contributed by atoms with Crippen LogP contribution in [0, 0.1) is 0 Å². The molecule has 0 saturated carbocycles. The van der Waals surface area contributed by atoms with Crippen molar-refractivity contribution in [3.05, 3.63) is 35.5 Å². The number of aromatic nitrogens is 2. The zero-order valence-corrected chi connectivity index (χ0v) is 12.1. The number of nitrogens with one attached hydrogen (secondary N) is 1. The van der Waals surface area contributed by atoms with Crippen LogP contribution in [0.3, 0.4) is 0 Å². The van der Waals surface area contributed by atoms with Crippen LogP contribution in [0.4, 0.5) is 5.82 Å². The maximum atomic E-state index is 5.22. The first-order valence-electron chi connectivity index (χ1n) is 7.32. The van der Waals surface area contributed by atoms with Crippen molar-refractivity contribution in [1.82, 2.24) is 9.78 Å². The van der Waals surface area contributed by atoms with Crippen LogP contribution in [0.2, 0.25) is 0 Å². The third-order valence-electron chi connectivity index (χ3n) is 3.86. The van der Waals surface area contributed by atoms with E-state index in [4.69, 9.17) is 9.84 Å². The predicted molar refractivity (Wildman–Crippen MR) is 80.9 cm³/mol. The molecule has 0 saturated heterocycles. The summed E-state index contributed by atoms with van der Waals surface area (Å²) in [5, 5.41) is 8.34. The fraction of sp³-hybridized carbons (Fsp3) is 0.438. The van der Waals surface area contributed by atoms with Gasteiger partial charge in [-0.15, -0.1) is 0 Å². The van der Waals surface area contributed by atoms with Crippen molar-refractivity contribution in [2.45, 2.75) is 32.6 Å². The number of nitrogens with zero attached hydrogens (tertiary/aromatic N) is 2. The average molecular weight is 271 g/mol. The SMILES string of the molecule is CCc1nn(-c2ccc(OC)cc2)c2c1CCCCN2. The summed E-state index contributed by atoms with van der Waals surface area (Å²) in [5.41, 5.74) is 3.68. The quantitative estimate of drug-likeness (QED) is 0.931. The molecular weight excluding hydrogens is 250 g/mol. The fourth-order valence-electron chi connectivity index (χ4n) is 2.77. The second kappa shape index (κ2) is 5.57. The largest absolute Gasteiger partial charge is 0.497 e. The standard InChI is InChI=1S/C16H21N3O/c1-3-15-14-6-4-5-11-17-16(14)19(18-15)12-7-9-13(20-2)10-8-12/h7-10,17H,3-6,11H2,1-2H3. The van der Waals surface area contributed by atoms with Crippen molar-refractivity contribution < 1.29 is 4.74 Å². The minimum atomic E-state index is 0.871. The van der Waals surface area contributed by atoms with E-state index in [0.717, 1.165) is 30.8 Å². The van der Waals surface area contributed by atoms with Crippen molar-refractivity contribution in [2.75, 3.05) is 19.0 Å². The average Bonchev–Trinajstić information content (AvgIpc) is 2.68. The van der Waals surface area contributed by atoms with Crippen LogP contribution in [0.15, 0.2) is 24.3 Å². The van der Waals surface area contributed by atoms with Gasteiger partial charge in [0.2, 0.25) is 0 Å². The Morgan fingerprint density at radius 3 is 2.75 bits per heavy atom. The topological polar surface area (TPSA) is 39.1 Å². The van der Waals surface area contributed by atoms with Crippen molar-refractivity contribution >= 4 is 5.82 Å². The molecule has 0 bridgehead atoms. The highest BCUT2D eigenvalue weighted by Crippen LogP contribution is 2.28. The molecule has 0 aliphatic carbocycles. The normalized spacial score (nSPS) is 14.3. The molecule has 4 heteroatoms. The molecule has 1 aromatic heterocycles. The van der Waals surface area contributed by atoms with Crippen LogP contribution >= 0.6 is 0 Å². The second-order valence-corrected chi connectivity index (χ2v) is 5.12. The molecule has 3 rings (SSSR count). The number of rotatable bonds is 3. The molecule has 4 nitrogen and oxygen atoms in total. The highest BCUT2D eigenvalue weighted by atomic mass is 16.5. The van der Waals surface area contributed by atoms with Crippen LogP contribution in [-0.2, 0) is 12.8 Å². The van der Waals surface area contributed by atoms with E-state index in [1.54, 1.807) is 7.11 Å². The summed E-state index contributed by atoms with van der Waals surface area (Å²) in [6.07, 6.45) is 4.57. The summed E-state index contributed by atoms with van der Waals surface area (Å²) in [4.78, 5) is 0. The molecular formula is C16H21N3O. The first kappa shape index (κ1) is 13.0. The number of hydrogen-bond donors (Lipinski definition) is 1. The summed E-state index contributed by atoms with van der Waals surface area (Å²) in [6, 6.07) is 8.06. The first-order chi connectivity index (χ1) is 9.83. The van der Waals surface area contributed by atoms with Crippen LogP contribution in [0.25, 0.3) is 5.69 Å². The summed E-state index contributed by atoms with van der Waals surface area (Å²) in [6.45, 7) is 3.20. The lowest BCUT2D eigenvalue weighted by atomic mass is 10.1. The number of methoxy groups -OCH3 is 1. The molecule has 2 aromatic rings. The number of aryl methyl sites for hydroxylation is 1. The fourth-order valence-corrected chi connectivity index (χ4v) is 2.77. The van der Waals surface area contributed by atoms with Gasteiger partial charge < -0.3 is 10.1 Å². The van der Waals surface area contributed by atoms with Crippen molar-refractivity contribution in [2.24, 2.45) is 0 Å². The van der Waals surface area contributed by atoms with E-state index in [0.29, 0.717) is 0 Å². The lowest BCUT2D eigenvalue weighted by Gasteiger charge is -2.09. The predicted octanol–water partition coefficient (Wildman–Crippen LogP) is 3.19. The van der Waals surface area contributed by atoms with E-state index in [1.807, 2.05) is 16.8 Å². The molecule has 20 heavy (non-hydrogen) atoms. The van der Waals surface area contributed by atoms with Gasteiger partial charge in [-0.2, -0.15) is 5.10 Å². The molecule has 1 aliphatic heterocycles. The number of ether oxygens (including phenoxy) is 1. The molecule has 1 aromatic carbocycles. The Kier molecular flexibility index (Phi) is 3.63. The smallest absolute Gasteiger partial charge is 0.133 e. The molecule has 1 N–H and O–H groups in total. The molecule has 2 heterocycles. The van der Waals surface area contributed by atoms with Gasteiger partial charge in [0, 0.05) is 12.1 Å². The Bertz CT molecular complexity index is 587. The van der Waals surface area contributed by atoms with Gasteiger partial charge in [-0.3, -0.25) is 0 Å². The lowest BCUT2D eigenvalue weighted by molar-refractivity contribution is 0.414. The first-order valence-corrected chi connectivity index (χ1v) is 7.32. The number of fused-ring (bicyclic) bond motifs is 1. The summed E-state index contributed by atoms with van der Waals surface area (Å²) < 4.78 is 7.26. The van der Waals surface area contributed by atoms with E-state index >= 15 is 0 Å². The molecule has 0 amide bonds. The van der Waals surface area contributed by atoms with Gasteiger partial charge in [-0.25, -0.2) is 4.68 Å². The minimum Gasteiger partial charge on any atom is -0.497 e. The van der Waals surface area contributed by atoms with Gasteiger partial charge in [0.15, 0.2) is 0 Å². The number of anilines is 1. The van der Waals surface area contributed by atoms with E-state index in [1.165, 1.54) is 29.9 Å². The van der Waals surface area contributed by atoms with Crippen LogP contribution in [0.1, 0.15) is 31.0 Å². The molecule has 0 unspecified atom stereocenters. The van der Waals surface area contributed by atoms with Crippen LogP contribution < -0.4 is 10.1 Å². The van der Waals surface area contributed by atoms with E-state index in [-0.39, 0.29) is 0 Å². The van der Waals surface area contributed by atoms with E-state index < -0.39 is 0 Å². The Balaban J connectivity index is 2.05. The van der Waals surface area contributed by atoms with Gasteiger partial charge in [0.1, 0.15) is 11.6 Å². The maximum Gasteiger partial charge on any atom is 0.133 e. The number of hydrogen-bond acceptors (Lipinski definition) is 3.